The first-order valence-corrected chi connectivity index (χ1v) is 17.8. The zero-order chi connectivity index (χ0) is 34.4. The van der Waals surface area contributed by atoms with Crippen molar-refractivity contribution in [2.45, 2.75) is 57.8 Å². The Morgan fingerprint density at radius 1 is 0.857 bits per heavy atom. The molecule has 1 N–H and O–H groups in total. The van der Waals surface area contributed by atoms with Gasteiger partial charge in [-0.15, -0.1) is 0 Å². The summed E-state index contributed by atoms with van der Waals surface area (Å²) in [6, 6.07) is 26.7. The van der Waals surface area contributed by atoms with Crippen LogP contribution >= 0.6 is 0 Å². The van der Waals surface area contributed by atoms with Gasteiger partial charge in [-0.25, -0.2) is 4.79 Å². The van der Waals surface area contributed by atoms with Crippen molar-refractivity contribution in [3.05, 3.63) is 90.0 Å². The van der Waals surface area contributed by atoms with Gasteiger partial charge in [0.25, 0.3) is 0 Å². The number of benzene rings is 3. The summed E-state index contributed by atoms with van der Waals surface area (Å²) in [4.78, 5) is 29.9. The zero-order valence-electron chi connectivity index (χ0n) is 29.4. The maximum atomic E-state index is 12.8. The SMILES string of the molecule is CCCN(CC(OC)OC)C(=O)CCOCCc1ccc(CCN2C[C@H]3C[C@@H](OC(=O)Nc4ccccc4-c4ccccc4)C[C@H]3C2)cc1. The highest BCUT2D eigenvalue weighted by Crippen LogP contribution is 2.39. The molecule has 5 rings (SSSR count). The van der Waals surface area contributed by atoms with Crippen molar-refractivity contribution in [2.24, 2.45) is 11.8 Å². The van der Waals surface area contributed by atoms with Gasteiger partial charge in [0.05, 0.1) is 31.9 Å². The number of fused-ring (bicyclic) bond motifs is 1. The number of anilines is 1. The highest BCUT2D eigenvalue weighted by molar-refractivity contribution is 5.91. The molecule has 0 aromatic heterocycles. The van der Waals surface area contributed by atoms with E-state index in [-0.39, 0.29) is 18.1 Å². The Morgan fingerprint density at radius 2 is 1.51 bits per heavy atom. The second-order valence-electron chi connectivity index (χ2n) is 13.2. The van der Waals surface area contributed by atoms with E-state index in [0.29, 0.717) is 44.6 Å². The minimum atomic E-state index is -0.417. The fraction of sp³-hybridized carbons (Fsp3) is 0.500. The average molecular weight is 672 g/mol. The molecular weight excluding hydrogens is 618 g/mol. The maximum absolute atomic E-state index is 12.8. The van der Waals surface area contributed by atoms with Crippen LogP contribution in [0.1, 0.15) is 43.7 Å². The van der Waals surface area contributed by atoms with E-state index < -0.39 is 6.29 Å². The third-order valence-electron chi connectivity index (χ3n) is 9.78. The van der Waals surface area contributed by atoms with Gasteiger partial charge in [0, 0.05) is 46.0 Å². The molecule has 1 heterocycles. The predicted molar refractivity (Wildman–Crippen MR) is 192 cm³/mol. The van der Waals surface area contributed by atoms with Crippen molar-refractivity contribution < 1.29 is 28.5 Å². The van der Waals surface area contributed by atoms with Crippen molar-refractivity contribution in [3.8, 4) is 11.1 Å². The Labute approximate surface area is 291 Å². The fourth-order valence-corrected chi connectivity index (χ4v) is 7.16. The molecule has 49 heavy (non-hydrogen) atoms. The number of rotatable bonds is 18. The van der Waals surface area contributed by atoms with E-state index in [1.807, 2.05) is 54.6 Å². The summed E-state index contributed by atoms with van der Waals surface area (Å²) in [7, 11) is 3.17. The number of carbonyl (C=O) groups is 2. The maximum Gasteiger partial charge on any atom is 0.411 e. The molecule has 3 atom stereocenters. The Morgan fingerprint density at radius 3 is 2.18 bits per heavy atom. The van der Waals surface area contributed by atoms with Crippen LogP contribution in [0.2, 0.25) is 0 Å². The molecule has 264 valence electrons. The Balaban J connectivity index is 0.960. The molecule has 3 aromatic carbocycles. The summed E-state index contributed by atoms with van der Waals surface area (Å²) in [5.41, 5.74) is 5.38. The van der Waals surface area contributed by atoms with Gasteiger partial charge in [-0.05, 0) is 66.7 Å². The van der Waals surface area contributed by atoms with Gasteiger partial charge in [0.2, 0.25) is 5.91 Å². The first-order chi connectivity index (χ1) is 23.9. The van der Waals surface area contributed by atoms with Crippen molar-refractivity contribution in [1.29, 1.82) is 0 Å². The summed E-state index contributed by atoms with van der Waals surface area (Å²) in [5.74, 6) is 1.22. The first kappa shape index (κ1) is 36.5. The summed E-state index contributed by atoms with van der Waals surface area (Å²) in [6.07, 6.45) is 4.11. The van der Waals surface area contributed by atoms with Gasteiger partial charge < -0.3 is 28.7 Å². The molecule has 1 saturated carbocycles. The van der Waals surface area contributed by atoms with Crippen LogP contribution in [-0.4, -0.2) is 94.4 Å². The van der Waals surface area contributed by atoms with Crippen LogP contribution in [0.5, 0.6) is 0 Å². The number of carbonyl (C=O) groups excluding carboxylic acids is 2. The van der Waals surface area contributed by atoms with Crippen molar-refractivity contribution in [2.75, 3.05) is 65.5 Å². The highest BCUT2D eigenvalue weighted by atomic mass is 16.7. The first-order valence-electron chi connectivity index (χ1n) is 17.8. The molecule has 1 aliphatic carbocycles. The van der Waals surface area contributed by atoms with Crippen LogP contribution in [0.3, 0.4) is 0 Å². The second kappa shape index (κ2) is 18.9. The molecule has 2 fully saturated rings. The van der Waals surface area contributed by atoms with E-state index in [1.54, 1.807) is 19.1 Å². The number of amides is 2. The van der Waals surface area contributed by atoms with E-state index >= 15 is 0 Å². The molecule has 0 spiro atoms. The monoisotopic (exact) mass is 671 g/mol. The molecule has 1 saturated heterocycles. The number of para-hydroxylation sites is 1. The molecule has 0 bridgehead atoms. The topological polar surface area (TPSA) is 89.6 Å². The average Bonchev–Trinajstić information content (AvgIpc) is 3.68. The van der Waals surface area contributed by atoms with Crippen molar-refractivity contribution >= 4 is 17.7 Å². The Bertz CT molecular complexity index is 1430. The molecule has 3 aromatic rings. The number of nitrogens with one attached hydrogen (secondary N) is 1. The Hall–Kier alpha value is -3.76. The van der Waals surface area contributed by atoms with Gasteiger partial charge in [-0.1, -0.05) is 79.7 Å². The smallest absolute Gasteiger partial charge is 0.411 e. The molecular formula is C40H53N3O6. The van der Waals surface area contributed by atoms with Crippen molar-refractivity contribution in [1.82, 2.24) is 9.80 Å². The molecule has 0 radical (unpaired) electrons. The standard InChI is InChI=1S/C40H53N3O6/c1-4-21-43(29-39(46-2)47-3)38(44)20-24-48-23-19-31-16-14-30(15-17-31)18-22-42-27-33-25-35(26-34(33)28-42)49-40(45)41-37-13-9-8-12-36(37)32-10-6-5-7-11-32/h5-17,33-35,39H,4,18-29H2,1-3H3,(H,41,45)/t33-,34+,35-. The summed E-state index contributed by atoms with van der Waals surface area (Å²) < 4.78 is 22.2. The lowest BCUT2D eigenvalue weighted by Gasteiger charge is -2.26. The predicted octanol–water partition coefficient (Wildman–Crippen LogP) is 6.66. The summed E-state index contributed by atoms with van der Waals surface area (Å²) >= 11 is 0. The minimum Gasteiger partial charge on any atom is -0.446 e. The lowest BCUT2D eigenvalue weighted by atomic mass is 10.0. The minimum absolute atomic E-state index is 0.0293. The van der Waals surface area contributed by atoms with Gasteiger partial charge >= 0.3 is 6.09 Å². The number of hydrogen-bond acceptors (Lipinski definition) is 7. The van der Waals surface area contributed by atoms with E-state index in [9.17, 15) is 9.59 Å². The van der Waals surface area contributed by atoms with E-state index in [0.717, 1.165) is 68.6 Å². The molecule has 2 amide bonds. The number of ether oxygens (including phenoxy) is 4. The van der Waals surface area contributed by atoms with Crippen LogP contribution < -0.4 is 5.32 Å². The van der Waals surface area contributed by atoms with Crippen molar-refractivity contribution in [3.63, 3.8) is 0 Å². The van der Waals surface area contributed by atoms with Crippen LogP contribution in [0.25, 0.3) is 11.1 Å². The van der Waals surface area contributed by atoms with Gasteiger partial charge in [0.15, 0.2) is 6.29 Å². The van der Waals surface area contributed by atoms with Gasteiger partial charge in [-0.2, -0.15) is 0 Å². The van der Waals surface area contributed by atoms with Gasteiger partial charge in [-0.3, -0.25) is 10.1 Å². The van der Waals surface area contributed by atoms with E-state index in [2.05, 4.69) is 41.4 Å². The third kappa shape index (κ3) is 10.9. The molecule has 0 unspecified atom stereocenters. The highest BCUT2D eigenvalue weighted by Gasteiger charge is 2.42. The molecule has 9 nitrogen and oxygen atoms in total. The normalized spacial score (nSPS) is 18.8. The Kier molecular flexibility index (Phi) is 14.0. The molecule has 1 aliphatic heterocycles. The van der Waals surface area contributed by atoms with E-state index in [4.69, 9.17) is 18.9 Å². The fourth-order valence-electron chi connectivity index (χ4n) is 7.16. The van der Waals surface area contributed by atoms with Crippen LogP contribution in [-0.2, 0) is 36.6 Å². The summed E-state index contributed by atoms with van der Waals surface area (Å²) in [6.45, 7) is 7.31. The number of hydrogen-bond donors (Lipinski definition) is 1. The largest absolute Gasteiger partial charge is 0.446 e. The summed E-state index contributed by atoms with van der Waals surface area (Å²) in [5, 5.41) is 2.99. The number of likely N-dealkylation sites (tertiary alicyclic amines) is 1. The number of methoxy groups -OCH3 is 2. The van der Waals surface area contributed by atoms with E-state index in [1.165, 1.54) is 11.1 Å². The number of nitrogens with zero attached hydrogens (tertiary/aromatic N) is 2. The third-order valence-corrected chi connectivity index (χ3v) is 9.78. The van der Waals surface area contributed by atoms with Crippen LogP contribution in [0.15, 0.2) is 78.9 Å². The second-order valence-corrected chi connectivity index (χ2v) is 13.2. The van der Waals surface area contributed by atoms with Crippen LogP contribution in [0.4, 0.5) is 10.5 Å². The van der Waals surface area contributed by atoms with Gasteiger partial charge in [0.1, 0.15) is 6.10 Å². The molecule has 2 aliphatic rings. The lowest BCUT2D eigenvalue weighted by molar-refractivity contribution is -0.146. The molecule has 9 heteroatoms. The van der Waals surface area contributed by atoms with Crippen LogP contribution in [0, 0.1) is 11.8 Å². The quantitative estimate of drug-likeness (QED) is 0.120. The lowest BCUT2D eigenvalue weighted by Crippen LogP contribution is -2.39. The zero-order valence-corrected chi connectivity index (χ0v) is 29.4.